The molecular formula is C17H19Cl2N5O. The lowest BCUT2D eigenvalue weighted by atomic mass is 10.2. The highest BCUT2D eigenvalue weighted by molar-refractivity contribution is 6.42. The number of piperazine rings is 1. The number of nitrogens with zero attached hydrogens (tertiary/aromatic N) is 4. The summed E-state index contributed by atoms with van der Waals surface area (Å²) in [6, 6.07) is 6.67. The number of aromatic nitrogens is 2. The molecule has 1 N–H and O–H groups in total. The van der Waals surface area contributed by atoms with E-state index in [-0.39, 0.29) is 5.91 Å². The monoisotopic (exact) mass is 379 g/mol. The first kappa shape index (κ1) is 17.9. The van der Waals surface area contributed by atoms with Crippen molar-refractivity contribution in [3.8, 4) is 0 Å². The van der Waals surface area contributed by atoms with Gasteiger partial charge in [0.25, 0.3) is 5.91 Å². The van der Waals surface area contributed by atoms with E-state index < -0.39 is 0 Å². The zero-order valence-electron chi connectivity index (χ0n) is 14.1. The number of hydrogen-bond acceptors (Lipinski definition) is 5. The number of anilines is 2. The molecule has 0 aliphatic carbocycles. The number of benzene rings is 1. The van der Waals surface area contributed by atoms with Crippen molar-refractivity contribution in [1.29, 1.82) is 0 Å². The van der Waals surface area contributed by atoms with Gasteiger partial charge in [0, 0.05) is 37.9 Å². The molecule has 1 aromatic carbocycles. The van der Waals surface area contributed by atoms with Gasteiger partial charge in [-0.05, 0) is 32.2 Å². The van der Waals surface area contributed by atoms with Gasteiger partial charge in [-0.25, -0.2) is 9.97 Å². The smallest absolute Gasteiger partial charge is 0.274 e. The highest BCUT2D eigenvalue weighted by Crippen LogP contribution is 2.25. The minimum Gasteiger partial charge on any atom is -0.354 e. The molecule has 2 heterocycles. The molecule has 1 saturated heterocycles. The van der Waals surface area contributed by atoms with Gasteiger partial charge < -0.3 is 15.1 Å². The number of hydrogen-bond donors (Lipinski definition) is 1. The summed E-state index contributed by atoms with van der Waals surface area (Å²) in [4.78, 5) is 25.7. The molecule has 0 atom stereocenters. The van der Waals surface area contributed by atoms with Crippen molar-refractivity contribution in [3.63, 3.8) is 0 Å². The molecule has 0 bridgehead atoms. The van der Waals surface area contributed by atoms with Crippen molar-refractivity contribution in [2.45, 2.75) is 6.92 Å². The van der Waals surface area contributed by atoms with Crippen LogP contribution in [-0.2, 0) is 0 Å². The van der Waals surface area contributed by atoms with E-state index in [0.717, 1.165) is 32.0 Å². The second kappa shape index (κ2) is 7.56. The minimum atomic E-state index is -0.306. The second-order valence-electron chi connectivity index (χ2n) is 6.03. The maximum absolute atomic E-state index is 12.5. The summed E-state index contributed by atoms with van der Waals surface area (Å²) in [6.45, 7) is 5.47. The summed E-state index contributed by atoms with van der Waals surface area (Å²) in [6.07, 6.45) is 0. The Morgan fingerprint density at radius 3 is 2.48 bits per heavy atom. The fourth-order valence-electron chi connectivity index (χ4n) is 2.63. The molecule has 1 aliphatic rings. The van der Waals surface area contributed by atoms with Crippen LogP contribution in [0.1, 0.15) is 16.3 Å². The Hall–Kier alpha value is -1.89. The Morgan fingerprint density at radius 1 is 1.08 bits per heavy atom. The molecule has 0 unspecified atom stereocenters. The highest BCUT2D eigenvalue weighted by atomic mass is 35.5. The van der Waals surface area contributed by atoms with Gasteiger partial charge >= 0.3 is 0 Å². The normalized spacial score (nSPS) is 15.3. The van der Waals surface area contributed by atoms with Crippen LogP contribution in [0.25, 0.3) is 0 Å². The molecule has 3 rings (SSSR count). The number of amides is 1. The number of likely N-dealkylation sites (N-methyl/N-ethyl adjacent to an activating group) is 1. The van der Waals surface area contributed by atoms with E-state index in [2.05, 4.69) is 32.1 Å². The molecule has 25 heavy (non-hydrogen) atoms. The Bertz CT molecular complexity index is 791. The fourth-order valence-corrected chi connectivity index (χ4v) is 2.93. The van der Waals surface area contributed by atoms with Crippen molar-refractivity contribution >= 4 is 40.6 Å². The van der Waals surface area contributed by atoms with Gasteiger partial charge in [0.05, 0.1) is 10.0 Å². The van der Waals surface area contributed by atoms with Gasteiger partial charge in [0.1, 0.15) is 17.3 Å². The summed E-state index contributed by atoms with van der Waals surface area (Å²) in [5.41, 5.74) is 0.893. The third-order valence-corrected chi connectivity index (χ3v) is 4.80. The summed E-state index contributed by atoms with van der Waals surface area (Å²) in [5.74, 6) is 1.04. The average Bonchev–Trinajstić information content (AvgIpc) is 2.58. The molecule has 6 nitrogen and oxygen atoms in total. The third-order valence-electron chi connectivity index (χ3n) is 4.06. The zero-order valence-corrected chi connectivity index (χ0v) is 15.6. The highest BCUT2D eigenvalue weighted by Gasteiger charge is 2.18. The van der Waals surface area contributed by atoms with Crippen molar-refractivity contribution in [2.75, 3.05) is 43.4 Å². The maximum Gasteiger partial charge on any atom is 0.274 e. The minimum absolute atomic E-state index is 0.306. The molecule has 1 aliphatic heterocycles. The Morgan fingerprint density at radius 2 is 1.80 bits per heavy atom. The molecule has 0 spiro atoms. The number of rotatable bonds is 3. The lowest BCUT2D eigenvalue weighted by molar-refractivity contribution is 0.102. The van der Waals surface area contributed by atoms with Crippen LogP contribution in [0.15, 0.2) is 24.3 Å². The molecule has 0 saturated carbocycles. The van der Waals surface area contributed by atoms with Crippen molar-refractivity contribution in [1.82, 2.24) is 14.9 Å². The molecule has 132 valence electrons. The van der Waals surface area contributed by atoms with Crippen LogP contribution in [0.4, 0.5) is 11.5 Å². The zero-order chi connectivity index (χ0) is 18.0. The van der Waals surface area contributed by atoms with Gasteiger partial charge in [-0.2, -0.15) is 0 Å². The van der Waals surface area contributed by atoms with E-state index in [1.807, 2.05) is 0 Å². The first-order chi connectivity index (χ1) is 11.9. The van der Waals surface area contributed by atoms with Crippen molar-refractivity contribution < 1.29 is 4.79 Å². The first-order valence-corrected chi connectivity index (χ1v) is 8.73. The fraction of sp³-hybridized carbons (Fsp3) is 0.353. The maximum atomic E-state index is 12.5. The van der Waals surface area contributed by atoms with Crippen LogP contribution in [0, 0.1) is 6.92 Å². The first-order valence-electron chi connectivity index (χ1n) is 7.98. The van der Waals surface area contributed by atoms with E-state index in [4.69, 9.17) is 23.2 Å². The lowest BCUT2D eigenvalue weighted by Gasteiger charge is -2.33. The van der Waals surface area contributed by atoms with Gasteiger partial charge in [-0.15, -0.1) is 0 Å². The molecular weight excluding hydrogens is 361 g/mol. The number of halogens is 2. The van der Waals surface area contributed by atoms with Crippen molar-refractivity contribution in [2.24, 2.45) is 0 Å². The Balaban J connectivity index is 1.79. The van der Waals surface area contributed by atoms with E-state index in [0.29, 0.717) is 27.3 Å². The van der Waals surface area contributed by atoms with E-state index in [1.54, 1.807) is 31.2 Å². The number of aryl methyl sites for hydroxylation is 1. The van der Waals surface area contributed by atoms with Crippen LogP contribution in [0.3, 0.4) is 0 Å². The number of carbonyl (C=O) groups is 1. The molecule has 1 fully saturated rings. The third kappa shape index (κ3) is 4.39. The van der Waals surface area contributed by atoms with Crippen molar-refractivity contribution in [3.05, 3.63) is 45.8 Å². The van der Waals surface area contributed by atoms with E-state index in [9.17, 15) is 4.79 Å². The lowest BCUT2D eigenvalue weighted by Crippen LogP contribution is -2.45. The SMILES string of the molecule is Cc1nc(C(=O)Nc2ccc(Cl)c(Cl)c2)cc(N2CCN(C)CC2)n1. The number of carbonyl (C=O) groups excluding carboxylic acids is 1. The standard InChI is InChI=1S/C17H19Cl2N5O/c1-11-20-15(10-16(21-11)24-7-5-23(2)6-8-24)17(25)22-12-3-4-13(18)14(19)9-12/h3-4,9-10H,5-8H2,1-2H3,(H,22,25). The van der Waals surface area contributed by atoms with Crippen LogP contribution < -0.4 is 10.2 Å². The molecule has 1 aromatic heterocycles. The quantitative estimate of drug-likeness (QED) is 0.887. The van der Waals surface area contributed by atoms with Crippen LogP contribution >= 0.6 is 23.2 Å². The Kier molecular flexibility index (Phi) is 5.42. The predicted octanol–water partition coefficient (Wildman–Crippen LogP) is 3.10. The molecule has 2 aromatic rings. The van der Waals surface area contributed by atoms with Crippen LogP contribution in [0.2, 0.25) is 10.0 Å². The van der Waals surface area contributed by atoms with Gasteiger partial charge in [0.2, 0.25) is 0 Å². The molecule has 8 heteroatoms. The average molecular weight is 380 g/mol. The predicted molar refractivity (Wildman–Crippen MR) is 101 cm³/mol. The van der Waals surface area contributed by atoms with Crippen LogP contribution in [0.5, 0.6) is 0 Å². The Labute approximate surface area is 156 Å². The van der Waals surface area contributed by atoms with Gasteiger partial charge in [-0.3, -0.25) is 4.79 Å². The van der Waals surface area contributed by atoms with E-state index in [1.165, 1.54) is 0 Å². The van der Waals surface area contributed by atoms with Gasteiger partial charge in [0.15, 0.2) is 0 Å². The topological polar surface area (TPSA) is 61.4 Å². The summed E-state index contributed by atoms with van der Waals surface area (Å²) < 4.78 is 0. The van der Waals surface area contributed by atoms with E-state index >= 15 is 0 Å². The van der Waals surface area contributed by atoms with Crippen LogP contribution in [-0.4, -0.2) is 54.0 Å². The number of nitrogens with one attached hydrogen (secondary N) is 1. The largest absolute Gasteiger partial charge is 0.354 e. The van der Waals surface area contributed by atoms with Gasteiger partial charge in [-0.1, -0.05) is 23.2 Å². The molecule has 0 radical (unpaired) electrons. The molecule has 1 amide bonds. The second-order valence-corrected chi connectivity index (χ2v) is 6.85. The summed E-state index contributed by atoms with van der Waals surface area (Å²) >= 11 is 11.9. The summed E-state index contributed by atoms with van der Waals surface area (Å²) in [5, 5.41) is 3.62. The summed E-state index contributed by atoms with van der Waals surface area (Å²) in [7, 11) is 2.10.